The summed E-state index contributed by atoms with van der Waals surface area (Å²) in [6.07, 6.45) is 1.82. The molecule has 24 heavy (non-hydrogen) atoms. The third-order valence-corrected chi connectivity index (χ3v) is 5.63. The number of hydrogen-bond donors (Lipinski definition) is 1. The van der Waals surface area contributed by atoms with Gasteiger partial charge in [-0.25, -0.2) is 12.7 Å². The molecule has 0 spiro atoms. The predicted molar refractivity (Wildman–Crippen MR) is 87.3 cm³/mol. The van der Waals surface area contributed by atoms with Gasteiger partial charge < -0.3 is 9.73 Å². The zero-order chi connectivity index (χ0) is 17.3. The van der Waals surface area contributed by atoms with Crippen LogP contribution in [0.3, 0.4) is 0 Å². The number of carbonyl (C=O) groups is 2. The normalized spacial score (nSPS) is 16.1. The smallest absolute Gasteiger partial charge is 0.291 e. The molecule has 2 heterocycles. The standard InChI is InChI=1S/C16H16N2O5S/c1-11-5-6-12(16(20)18-7-3-9-24(18,21)22)10-13(11)17-15(19)14-4-2-8-23-14/h2,4-6,8,10H,3,7,9H2,1H3,(H,17,19). The highest BCUT2D eigenvalue weighted by Crippen LogP contribution is 2.22. The summed E-state index contributed by atoms with van der Waals surface area (Å²) in [5.74, 6) is -0.900. The third kappa shape index (κ3) is 3.05. The molecule has 1 saturated heterocycles. The number of amides is 2. The SMILES string of the molecule is Cc1ccc(C(=O)N2CCCS2(=O)=O)cc1NC(=O)c1ccco1. The van der Waals surface area contributed by atoms with Gasteiger partial charge in [0.1, 0.15) is 0 Å². The van der Waals surface area contributed by atoms with Crippen LogP contribution < -0.4 is 5.32 Å². The number of anilines is 1. The van der Waals surface area contributed by atoms with Crippen LogP contribution in [0.25, 0.3) is 0 Å². The number of hydrogen-bond acceptors (Lipinski definition) is 5. The lowest BCUT2D eigenvalue weighted by Crippen LogP contribution is -2.32. The molecule has 1 N–H and O–H groups in total. The van der Waals surface area contributed by atoms with E-state index in [1.165, 1.54) is 18.4 Å². The van der Waals surface area contributed by atoms with Gasteiger partial charge in [-0.15, -0.1) is 0 Å². The minimum atomic E-state index is -3.53. The molecule has 1 aliphatic rings. The van der Waals surface area contributed by atoms with E-state index in [1.807, 2.05) is 0 Å². The number of aryl methyl sites for hydroxylation is 1. The summed E-state index contributed by atoms with van der Waals surface area (Å²) in [5.41, 5.74) is 1.38. The van der Waals surface area contributed by atoms with Gasteiger partial charge in [-0.2, -0.15) is 0 Å². The zero-order valence-corrected chi connectivity index (χ0v) is 13.8. The molecule has 1 aromatic carbocycles. The quantitative estimate of drug-likeness (QED) is 0.915. The summed E-state index contributed by atoms with van der Waals surface area (Å²) in [6.45, 7) is 1.96. The van der Waals surface area contributed by atoms with E-state index in [2.05, 4.69) is 5.32 Å². The largest absolute Gasteiger partial charge is 0.459 e. The van der Waals surface area contributed by atoms with Gasteiger partial charge in [0.2, 0.25) is 10.0 Å². The minimum absolute atomic E-state index is 0.0211. The van der Waals surface area contributed by atoms with Crippen LogP contribution in [-0.4, -0.2) is 36.8 Å². The van der Waals surface area contributed by atoms with Crippen LogP contribution in [0.1, 0.15) is 32.9 Å². The van der Waals surface area contributed by atoms with Crippen LogP contribution in [0.15, 0.2) is 41.0 Å². The maximum absolute atomic E-state index is 12.5. The van der Waals surface area contributed by atoms with Crippen molar-refractivity contribution in [2.24, 2.45) is 0 Å². The van der Waals surface area contributed by atoms with Crippen LogP contribution in [0.2, 0.25) is 0 Å². The van der Waals surface area contributed by atoms with Gasteiger partial charge in [0, 0.05) is 17.8 Å². The second-order valence-corrected chi connectivity index (χ2v) is 7.52. The van der Waals surface area contributed by atoms with Crippen LogP contribution in [0, 0.1) is 6.92 Å². The van der Waals surface area contributed by atoms with Crippen molar-refractivity contribution >= 4 is 27.5 Å². The Labute approximate surface area is 139 Å². The molecule has 2 amide bonds. The van der Waals surface area contributed by atoms with Crippen molar-refractivity contribution < 1.29 is 22.4 Å². The first kappa shape index (κ1) is 16.3. The lowest BCUT2D eigenvalue weighted by Gasteiger charge is -2.16. The maximum Gasteiger partial charge on any atom is 0.291 e. The van der Waals surface area contributed by atoms with Gasteiger partial charge in [0.25, 0.3) is 11.8 Å². The molecule has 7 nitrogen and oxygen atoms in total. The Bertz CT molecular complexity index is 887. The summed E-state index contributed by atoms with van der Waals surface area (Å²) < 4.78 is 29.7. The summed E-state index contributed by atoms with van der Waals surface area (Å²) in [7, 11) is -3.53. The molecule has 1 fully saturated rings. The summed E-state index contributed by atoms with van der Waals surface area (Å²) in [5, 5.41) is 2.67. The van der Waals surface area contributed by atoms with Gasteiger partial charge in [-0.1, -0.05) is 6.07 Å². The van der Waals surface area contributed by atoms with E-state index in [0.29, 0.717) is 12.1 Å². The van der Waals surface area contributed by atoms with Gasteiger partial charge in [-0.05, 0) is 43.2 Å². The molecule has 1 aliphatic heterocycles. The summed E-state index contributed by atoms with van der Waals surface area (Å²) in [6, 6.07) is 7.81. The number of rotatable bonds is 3. The summed E-state index contributed by atoms with van der Waals surface area (Å²) >= 11 is 0. The fourth-order valence-corrected chi connectivity index (χ4v) is 3.97. The number of nitrogens with zero attached hydrogens (tertiary/aromatic N) is 1. The molecule has 0 atom stereocenters. The highest BCUT2D eigenvalue weighted by Gasteiger charge is 2.33. The maximum atomic E-state index is 12.5. The Hall–Kier alpha value is -2.61. The van der Waals surface area contributed by atoms with E-state index in [0.717, 1.165) is 9.87 Å². The van der Waals surface area contributed by atoms with Gasteiger partial charge in [0.05, 0.1) is 12.0 Å². The first-order valence-electron chi connectivity index (χ1n) is 7.39. The number of nitrogens with one attached hydrogen (secondary N) is 1. The van der Waals surface area contributed by atoms with Gasteiger partial charge in [-0.3, -0.25) is 9.59 Å². The van der Waals surface area contributed by atoms with Crippen LogP contribution in [0.4, 0.5) is 5.69 Å². The van der Waals surface area contributed by atoms with E-state index >= 15 is 0 Å². The number of sulfonamides is 1. The second-order valence-electron chi connectivity index (χ2n) is 5.51. The van der Waals surface area contributed by atoms with Crippen molar-refractivity contribution in [1.29, 1.82) is 0 Å². The molecule has 0 radical (unpaired) electrons. The van der Waals surface area contributed by atoms with E-state index in [4.69, 9.17) is 4.42 Å². The highest BCUT2D eigenvalue weighted by atomic mass is 32.2. The molecule has 1 aromatic heterocycles. The topological polar surface area (TPSA) is 96.7 Å². The van der Waals surface area contributed by atoms with Gasteiger partial charge in [0.15, 0.2) is 5.76 Å². The number of benzene rings is 1. The predicted octanol–water partition coefficient (Wildman–Crippen LogP) is 2.02. The average molecular weight is 348 g/mol. The number of carbonyl (C=O) groups excluding carboxylic acids is 2. The van der Waals surface area contributed by atoms with Gasteiger partial charge >= 0.3 is 0 Å². The van der Waals surface area contributed by atoms with Crippen LogP contribution in [-0.2, 0) is 10.0 Å². The Morgan fingerprint density at radius 3 is 2.67 bits per heavy atom. The monoisotopic (exact) mass is 348 g/mol. The average Bonchev–Trinajstić information content (AvgIpc) is 3.18. The molecule has 3 rings (SSSR count). The fourth-order valence-electron chi connectivity index (χ4n) is 2.49. The Kier molecular flexibility index (Phi) is 4.15. The lowest BCUT2D eigenvalue weighted by molar-refractivity contribution is 0.0869. The molecule has 0 unspecified atom stereocenters. The van der Waals surface area contributed by atoms with Crippen molar-refractivity contribution in [3.05, 3.63) is 53.5 Å². The zero-order valence-electron chi connectivity index (χ0n) is 13.0. The van der Waals surface area contributed by atoms with Crippen molar-refractivity contribution in [1.82, 2.24) is 4.31 Å². The Morgan fingerprint density at radius 1 is 1.25 bits per heavy atom. The van der Waals surface area contributed by atoms with E-state index in [9.17, 15) is 18.0 Å². The molecular weight excluding hydrogens is 332 g/mol. The molecule has 0 bridgehead atoms. The minimum Gasteiger partial charge on any atom is -0.459 e. The molecular formula is C16H16N2O5S. The lowest BCUT2D eigenvalue weighted by atomic mass is 10.1. The van der Waals surface area contributed by atoms with E-state index in [-0.39, 0.29) is 23.6 Å². The first-order chi connectivity index (χ1) is 11.4. The van der Waals surface area contributed by atoms with E-state index < -0.39 is 21.8 Å². The number of furan rings is 1. The molecule has 0 aliphatic carbocycles. The fraction of sp³-hybridized carbons (Fsp3) is 0.250. The molecule has 2 aromatic rings. The van der Waals surface area contributed by atoms with E-state index in [1.54, 1.807) is 25.1 Å². The third-order valence-electron chi connectivity index (χ3n) is 3.80. The van der Waals surface area contributed by atoms with Crippen molar-refractivity contribution in [2.45, 2.75) is 13.3 Å². The van der Waals surface area contributed by atoms with Crippen molar-refractivity contribution in [3.8, 4) is 0 Å². The van der Waals surface area contributed by atoms with Crippen LogP contribution in [0.5, 0.6) is 0 Å². The second kappa shape index (κ2) is 6.12. The highest BCUT2D eigenvalue weighted by molar-refractivity contribution is 7.89. The van der Waals surface area contributed by atoms with Crippen molar-refractivity contribution in [3.63, 3.8) is 0 Å². The molecule has 8 heteroatoms. The first-order valence-corrected chi connectivity index (χ1v) is 9.00. The molecule has 126 valence electrons. The van der Waals surface area contributed by atoms with Crippen molar-refractivity contribution in [2.75, 3.05) is 17.6 Å². The summed E-state index contributed by atoms with van der Waals surface area (Å²) in [4.78, 5) is 24.5. The van der Waals surface area contributed by atoms with Crippen LogP contribution >= 0.6 is 0 Å². The Morgan fingerprint density at radius 2 is 2.04 bits per heavy atom. The Balaban J connectivity index is 1.86. The molecule has 0 saturated carbocycles.